The first kappa shape index (κ1) is 12.7. The van der Waals surface area contributed by atoms with Gasteiger partial charge in [-0.1, -0.05) is 51.1 Å². The Hall–Kier alpha value is -1.77. The second kappa shape index (κ2) is 5.25. The molecule has 0 amide bonds. The van der Waals surface area contributed by atoms with Crippen LogP contribution in [0, 0.1) is 5.41 Å². The molecule has 96 valence electrons. The van der Waals surface area contributed by atoms with E-state index >= 15 is 0 Å². The summed E-state index contributed by atoms with van der Waals surface area (Å²) < 4.78 is 2.03. The zero-order chi connectivity index (χ0) is 13.0. The fourth-order valence-corrected chi connectivity index (χ4v) is 1.91. The second-order valence-corrected chi connectivity index (χ2v) is 5.81. The van der Waals surface area contributed by atoms with Crippen LogP contribution in [0.5, 0.6) is 0 Å². The SMILES string of the molecule is CC(C)(C)Cc1cncn1NCc1ccccc1. The topological polar surface area (TPSA) is 29.9 Å². The third-order valence-corrected chi connectivity index (χ3v) is 2.72. The van der Waals surface area contributed by atoms with Crippen LogP contribution in [0.3, 0.4) is 0 Å². The molecule has 3 heteroatoms. The molecule has 0 saturated carbocycles. The van der Waals surface area contributed by atoms with Crippen molar-refractivity contribution in [2.45, 2.75) is 33.7 Å². The maximum Gasteiger partial charge on any atom is 0.114 e. The minimum atomic E-state index is 0.270. The van der Waals surface area contributed by atoms with Crippen LogP contribution in [0.25, 0.3) is 0 Å². The highest BCUT2D eigenvalue weighted by Gasteiger charge is 2.14. The summed E-state index contributed by atoms with van der Waals surface area (Å²) in [5.41, 5.74) is 6.15. The summed E-state index contributed by atoms with van der Waals surface area (Å²) in [4.78, 5) is 4.22. The van der Waals surface area contributed by atoms with Crippen LogP contribution in [0.2, 0.25) is 0 Å². The van der Waals surface area contributed by atoms with E-state index in [1.807, 2.05) is 23.3 Å². The number of hydrogen-bond acceptors (Lipinski definition) is 2. The minimum absolute atomic E-state index is 0.270. The summed E-state index contributed by atoms with van der Waals surface area (Å²) in [6, 6.07) is 10.4. The van der Waals surface area contributed by atoms with Gasteiger partial charge in [0.2, 0.25) is 0 Å². The Morgan fingerprint density at radius 3 is 2.56 bits per heavy atom. The maximum atomic E-state index is 4.22. The molecule has 0 saturated heterocycles. The molecule has 1 aromatic heterocycles. The summed E-state index contributed by atoms with van der Waals surface area (Å²) in [6.45, 7) is 7.53. The van der Waals surface area contributed by atoms with E-state index in [1.54, 1.807) is 0 Å². The molecule has 0 spiro atoms. The van der Waals surface area contributed by atoms with Crippen LogP contribution < -0.4 is 5.43 Å². The van der Waals surface area contributed by atoms with Crippen molar-refractivity contribution < 1.29 is 0 Å². The lowest BCUT2D eigenvalue weighted by atomic mass is 9.91. The normalized spacial score (nSPS) is 11.5. The monoisotopic (exact) mass is 243 g/mol. The first-order chi connectivity index (χ1) is 8.54. The molecule has 0 aliphatic carbocycles. The van der Waals surface area contributed by atoms with Gasteiger partial charge in [-0.15, -0.1) is 0 Å². The fraction of sp³-hybridized carbons (Fsp3) is 0.400. The second-order valence-electron chi connectivity index (χ2n) is 5.81. The lowest BCUT2D eigenvalue weighted by Gasteiger charge is -2.19. The molecule has 0 unspecified atom stereocenters. The molecule has 0 radical (unpaired) electrons. The Morgan fingerprint density at radius 2 is 1.89 bits per heavy atom. The van der Waals surface area contributed by atoms with Gasteiger partial charge in [-0.05, 0) is 17.4 Å². The van der Waals surface area contributed by atoms with Crippen molar-refractivity contribution in [1.82, 2.24) is 9.66 Å². The van der Waals surface area contributed by atoms with Crippen molar-refractivity contribution in [3.05, 3.63) is 54.1 Å². The first-order valence-corrected chi connectivity index (χ1v) is 6.34. The zero-order valence-electron chi connectivity index (χ0n) is 11.4. The van der Waals surface area contributed by atoms with Gasteiger partial charge in [0.15, 0.2) is 0 Å². The molecule has 0 aliphatic rings. The molecule has 1 aromatic carbocycles. The Morgan fingerprint density at radius 1 is 1.17 bits per heavy atom. The maximum absolute atomic E-state index is 4.22. The van der Waals surface area contributed by atoms with Crippen LogP contribution in [0.4, 0.5) is 0 Å². The van der Waals surface area contributed by atoms with Crippen molar-refractivity contribution in [3.8, 4) is 0 Å². The summed E-state index contributed by atoms with van der Waals surface area (Å²) in [5.74, 6) is 0. The van der Waals surface area contributed by atoms with E-state index in [0.29, 0.717) is 0 Å². The van der Waals surface area contributed by atoms with Crippen LogP contribution in [-0.4, -0.2) is 9.66 Å². The van der Waals surface area contributed by atoms with Gasteiger partial charge in [-0.3, -0.25) is 4.68 Å². The van der Waals surface area contributed by atoms with Crippen LogP contribution in [0.1, 0.15) is 32.0 Å². The van der Waals surface area contributed by atoms with Gasteiger partial charge in [0.25, 0.3) is 0 Å². The van der Waals surface area contributed by atoms with E-state index in [1.165, 1.54) is 11.3 Å². The van der Waals surface area contributed by atoms with Crippen molar-refractivity contribution in [3.63, 3.8) is 0 Å². The molecule has 3 nitrogen and oxygen atoms in total. The Kier molecular flexibility index (Phi) is 3.70. The molecular weight excluding hydrogens is 222 g/mol. The molecule has 0 fully saturated rings. The predicted octanol–water partition coefficient (Wildman–Crippen LogP) is 3.22. The van der Waals surface area contributed by atoms with E-state index in [9.17, 15) is 0 Å². The number of benzene rings is 1. The molecule has 2 aromatic rings. The van der Waals surface area contributed by atoms with Gasteiger partial charge in [0.05, 0.1) is 18.4 Å². The van der Waals surface area contributed by atoms with Gasteiger partial charge in [0.1, 0.15) is 6.33 Å². The van der Waals surface area contributed by atoms with Crippen molar-refractivity contribution in [1.29, 1.82) is 0 Å². The van der Waals surface area contributed by atoms with E-state index in [4.69, 9.17) is 0 Å². The van der Waals surface area contributed by atoms with Gasteiger partial charge in [-0.2, -0.15) is 0 Å². The number of aromatic nitrogens is 2. The number of imidazole rings is 1. The lowest BCUT2D eigenvalue weighted by Crippen LogP contribution is -2.19. The standard InChI is InChI=1S/C15H21N3/c1-15(2,3)9-14-11-16-12-18(14)17-10-13-7-5-4-6-8-13/h4-8,11-12,17H,9-10H2,1-3H3. The molecule has 0 aliphatic heterocycles. The summed E-state index contributed by atoms with van der Waals surface area (Å²) in [5, 5.41) is 0. The first-order valence-electron chi connectivity index (χ1n) is 6.34. The number of rotatable bonds is 4. The average Bonchev–Trinajstić information content (AvgIpc) is 2.73. The highest BCUT2D eigenvalue weighted by atomic mass is 15.4. The third kappa shape index (κ3) is 3.62. The number of nitrogens with one attached hydrogen (secondary N) is 1. The van der Waals surface area contributed by atoms with E-state index in [0.717, 1.165) is 13.0 Å². The molecule has 0 bridgehead atoms. The smallest absolute Gasteiger partial charge is 0.114 e. The number of hydrogen-bond donors (Lipinski definition) is 1. The molecule has 18 heavy (non-hydrogen) atoms. The minimum Gasteiger partial charge on any atom is -0.320 e. The summed E-state index contributed by atoms with van der Waals surface area (Å²) in [7, 11) is 0. The van der Waals surface area contributed by atoms with E-state index < -0.39 is 0 Å². The summed E-state index contributed by atoms with van der Waals surface area (Å²) >= 11 is 0. The Bertz CT molecular complexity index is 480. The average molecular weight is 243 g/mol. The lowest BCUT2D eigenvalue weighted by molar-refractivity contribution is 0.401. The van der Waals surface area contributed by atoms with Gasteiger partial charge >= 0.3 is 0 Å². The van der Waals surface area contributed by atoms with Crippen LogP contribution in [0.15, 0.2) is 42.9 Å². The molecule has 1 N–H and O–H groups in total. The van der Waals surface area contributed by atoms with E-state index in [-0.39, 0.29) is 5.41 Å². The van der Waals surface area contributed by atoms with Crippen LogP contribution >= 0.6 is 0 Å². The molecule has 1 heterocycles. The largest absolute Gasteiger partial charge is 0.320 e. The fourth-order valence-electron chi connectivity index (χ4n) is 1.91. The van der Waals surface area contributed by atoms with Crippen molar-refractivity contribution in [2.24, 2.45) is 5.41 Å². The highest BCUT2D eigenvalue weighted by molar-refractivity contribution is 5.16. The quantitative estimate of drug-likeness (QED) is 0.893. The molecule has 2 rings (SSSR count). The van der Waals surface area contributed by atoms with Gasteiger partial charge in [0, 0.05) is 0 Å². The Balaban J connectivity index is 2.00. The third-order valence-electron chi connectivity index (χ3n) is 2.72. The predicted molar refractivity (Wildman–Crippen MR) is 74.9 cm³/mol. The van der Waals surface area contributed by atoms with Crippen LogP contribution in [-0.2, 0) is 13.0 Å². The summed E-state index contributed by atoms with van der Waals surface area (Å²) in [6.07, 6.45) is 4.78. The Labute approximate surface area is 109 Å². The highest BCUT2D eigenvalue weighted by Crippen LogP contribution is 2.19. The van der Waals surface area contributed by atoms with Gasteiger partial charge in [-0.25, -0.2) is 4.98 Å². The van der Waals surface area contributed by atoms with E-state index in [2.05, 4.69) is 55.4 Å². The van der Waals surface area contributed by atoms with Crippen molar-refractivity contribution >= 4 is 0 Å². The molecular formula is C15H21N3. The number of nitrogens with zero attached hydrogens (tertiary/aromatic N) is 2. The van der Waals surface area contributed by atoms with Gasteiger partial charge < -0.3 is 5.43 Å². The zero-order valence-corrected chi connectivity index (χ0v) is 11.4. The van der Waals surface area contributed by atoms with Crippen molar-refractivity contribution in [2.75, 3.05) is 5.43 Å². The molecule has 0 atom stereocenters.